The van der Waals surface area contributed by atoms with Gasteiger partial charge in [-0.1, -0.05) is 49.7 Å². The van der Waals surface area contributed by atoms with Gasteiger partial charge >= 0.3 is 0 Å². The number of rotatable bonds is 6. The fraction of sp³-hybridized carbons (Fsp3) is 0.167. The second-order valence-electron chi connectivity index (χ2n) is 6.75. The summed E-state index contributed by atoms with van der Waals surface area (Å²) in [5, 5.41) is 5.80. The van der Waals surface area contributed by atoms with Crippen LogP contribution >= 0.6 is 0 Å². The highest BCUT2D eigenvalue weighted by Crippen LogP contribution is 2.20. The summed E-state index contributed by atoms with van der Waals surface area (Å²) in [6, 6.07) is 22.2. The van der Waals surface area contributed by atoms with Crippen LogP contribution in [-0.4, -0.2) is 11.8 Å². The molecule has 2 amide bonds. The summed E-state index contributed by atoms with van der Waals surface area (Å²) in [5.41, 5.74) is 4.59. The maximum atomic E-state index is 12.6. The number of benzene rings is 3. The average Bonchev–Trinajstić information content (AvgIpc) is 2.72. The maximum absolute atomic E-state index is 12.6. The smallest absolute Gasteiger partial charge is 0.255 e. The van der Waals surface area contributed by atoms with E-state index in [2.05, 4.69) is 17.6 Å². The molecule has 0 spiro atoms. The molecule has 0 unspecified atom stereocenters. The Bertz CT molecular complexity index is 964. The van der Waals surface area contributed by atoms with Gasteiger partial charge in [0.1, 0.15) is 0 Å². The molecule has 2 N–H and O–H groups in total. The number of anilines is 2. The first-order valence-electron chi connectivity index (χ1n) is 9.44. The lowest BCUT2D eigenvalue weighted by molar-refractivity contribution is 0.101. The molecule has 0 bridgehead atoms. The van der Waals surface area contributed by atoms with Crippen molar-refractivity contribution in [3.05, 3.63) is 95.1 Å². The van der Waals surface area contributed by atoms with Gasteiger partial charge < -0.3 is 10.6 Å². The molecule has 0 saturated carbocycles. The van der Waals surface area contributed by atoms with E-state index in [4.69, 9.17) is 0 Å². The highest BCUT2D eigenvalue weighted by molar-refractivity contribution is 6.07. The molecule has 3 rings (SSSR count). The summed E-state index contributed by atoms with van der Waals surface area (Å²) < 4.78 is 0. The zero-order chi connectivity index (χ0) is 19.9. The Morgan fingerprint density at radius 3 is 2.14 bits per heavy atom. The van der Waals surface area contributed by atoms with Crippen LogP contribution in [0, 0.1) is 6.92 Å². The molecule has 0 aromatic heterocycles. The summed E-state index contributed by atoms with van der Waals surface area (Å²) in [4.78, 5) is 25.0. The zero-order valence-corrected chi connectivity index (χ0v) is 16.2. The molecule has 3 aromatic rings. The molecule has 0 aliphatic rings. The van der Waals surface area contributed by atoms with Crippen molar-refractivity contribution in [1.82, 2.24) is 0 Å². The molecule has 142 valence electrons. The van der Waals surface area contributed by atoms with E-state index in [1.807, 2.05) is 55.5 Å². The first kappa shape index (κ1) is 19.4. The van der Waals surface area contributed by atoms with E-state index in [1.54, 1.807) is 24.3 Å². The van der Waals surface area contributed by atoms with Crippen LogP contribution in [0.4, 0.5) is 11.4 Å². The van der Waals surface area contributed by atoms with E-state index in [9.17, 15) is 9.59 Å². The van der Waals surface area contributed by atoms with Crippen molar-refractivity contribution in [1.29, 1.82) is 0 Å². The monoisotopic (exact) mass is 372 g/mol. The topological polar surface area (TPSA) is 58.2 Å². The van der Waals surface area contributed by atoms with Gasteiger partial charge in [-0.25, -0.2) is 0 Å². The number of carbonyl (C=O) groups is 2. The number of carbonyl (C=O) groups excluding carboxylic acids is 2. The zero-order valence-electron chi connectivity index (χ0n) is 16.2. The molecule has 0 heterocycles. The van der Waals surface area contributed by atoms with E-state index in [1.165, 1.54) is 5.56 Å². The summed E-state index contributed by atoms with van der Waals surface area (Å²) in [6.07, 6.45) is 2.11. The van der Waals surface area contributed by atoms with Crippen molar-refractivity contribution >= 4 is 23.2 Å². The molecule has 0 saturated heterocycles. The van der Waals surface area contributed by atoms with Crippen molar-refractivity contribution in [2.24, 2.45) is 0 Å². The quantitative estimate of drug-likeness (QED) is 0.604. The fourth-order valence-corrected chi connectivity index (χ4v) is 2.93. The molecule has 0 fully saturated rings. The van der Waals surface area contributed by atoms with Gasteiger partial charge in [-0.3, -0.25) is 9.59 Å². The predicted molar refractivity (Wildman–Crippen MR) is 114 cm³/mol. The molecule has 3 aromatic carbocycles. The minimum atomic E-state index is -0.210. The van der Waals surface area contributed by atoms with Crippen LogP contribution in [0.15, 0.2) is 72.8 Å². The van der Waals surface area contributed by atoms with Crippen LogP contribution in [0.1, 0.15) is 45.2 Å². The standard InChI is InChI=1S/C24H24N2O2/c1-3-7-18-11-14-21(15-12-18)25-24(28)20-13-10-17(2)22(16-20)26-23(27)19-8-5-4-6-9-19/h4-6,8-16H,3,7H2,1-2H3,(H,25,28)(H,26,27). The van der Waals surface area contributed by atoms with Crippen LogP contribution in [0.5, 0.6) is 0 Å². The van der Waals surface area contributed by atoms with Gasteiger partial charge in [0.25, 0.3) is 11.8 Å². The molecule has 0 aliphatic carbocycles. The van der Waals surface area contributed by atoms with Gasteiger partial charge in [0.15, 0.2) is 0 Å². The van der Waals surface area contributed by atoms with E-state index in [0.717, 1.165) is 24.1 Å². The number of amides is 2. The van der Waals surface area contributed by atoms with Gasteiger partial charge in [0.05, 0.1) is 0 Å². The van der Waals surface area contributed by atoms with E-state index in [-0.39, 0.29) is 11.8 Å². The largest absolute Gasteiger partial charge is 0.322 e. The predicted octanol–water partition coefficient (Wildman–Crippen LogP) is 5.45. The minimum Gasteiger partial charge on any atom is -0.322 e. The highest BCUT2D eigenvalue weighted by Gasteiger charge is 2.12. The Morgan fingerprint density at radius 1 is 0.786 bits per heavy atom. The molecule has 0 aliphatic heterocycles. The third-order valence-corrected chi connectivity index (χ3v) is 4.53. The third-order valence-electron chi connectivity index (χ3n) is 4.53. The normalized spacial score (nSPS) is 10.4. The summed E-state index contributed by atoms with van der Waals surface area (Å²) in [5.74, 6) is -0.411. The van der Waals surface area contributed by atoms with Gasteiger partial charge in [0, 0.05) is 22.5 Å². The molecule has 0 radical (unpaired) electrons. The Hall–Kier alpha value is -3.40. The molecule has 28 heavy (non-hydrogen) atoms. The molecule has 0 atom stereocenters. The van der Waals surface area contributed by atoms with Crippen molar-refractivity contribution in [2.75, 3.05) is 10.6 Å². The Morgan fingerprint density at radius 2 is 1.46 bits per heavy atom. The van der Waals surface area contributed by atoms with Crippen LogP contribution in [-0.2, 0) is 6.42 Å². The van der Waals surface area contributed by atoms with Gasteiger partial charge in [0.2, 0.25) is 0 Å². The minimum absolute atomic E-state index is 0.201. The summed E-state index contributed by atoms with van der Waals surface area (Å²) >= 11 is 0. The average molecular weight is 372 g/mol. The van der Waals surface area contributed by atoms with E-state index in [0.29, 0.717) is 16.8 Å². The third kappa shape index (κ3) is 4.86. The number of aryl methyl sites for hydroxylation is 2. The maximum Gasteiger partial charge on any atom is 0.255 e. The first-order valence-corrected chi connectivity index (χ1v) is 9.44. The Kier molecular flexibility index (Phi) is 6.22. The molecule has 4 nitrogen and oxygen atoms in total. The van der Waals surface area contributed by atoms with Crippen LogP contribution < -0.4 is 10.6 Å². The van der Waals surface area contributed by atoms with Crippen LogP contribution in [0.3, 0.4) is 0 Å². The molecular formula is C24H24N2O2. The lowest BCUT2D eigenvalue weighted by Crippen LogP contribution is -2.15. The van der Waals surface area contributed by atoms with E-state index < -0.39 is 0 Å². The Balaban J connectivity index is 1.73. The molecule has 4 heteroatoms. The van der Waals surface area contributed by atoms with Gasteiger partial charge in [-0.15, -0.1) is 0 Å². The van der Waals surface area contributed by atoms with Crippen molar-refractivity contribution in [2.45, 2.75) is 26.7 Å². The summed E-state index contributed by atoms with van der Waals surface area (Å²) in [7, 11) is 0. The second-order valence-corrected chi connectivity index (χ2v) is 6.75. The number of hydrogen-bond donors (Lipinski definition) is 2. The van der Waals surface area contributed by atoms with Crippen LogP contribution in [0.25, 0.3) is 0 Å². The second kappa shape index (κ2) is 9.00. The van der Waals surface area contributed by atoms with Crippen LogP contribution in [0.2, 0.25) is 0 Å². The number of hydrogen-bond acceptors (Lipinski definition) is 2. The Labute approximate surface area is 165 Å². The fourth-order valence-electron chi connectivity index (χ4n) is 2.93. The van der Waals surface area contributed by atoms with Crippen molar-refractivity contribution in [3.8, 4) is 0 Å². The first-order chi connectivity index (χ1) is 13.6. The van der Waals surface area contributed by atoms with Crippen molar-refractivity contribution < 1.29 is 9.59 Å². The molecular weight excluding hydrogens is 348 g/mol. The lowest BCUT2D eigenvalue weighted by Gasteiger charge is -2.11. The summed E-state index contributed by atoms with van der Waals surface area (Å²) in [6.45, 7) is 4.04. The lowest BCUT2D eigenvalue weighted by atomic mass is 10.1. The van der Waals surface area contributed by atoms with Gasteiger partial charge in [-0.05, 0) is 60.9 Å². The van der Waals surface area contributed by atoms with Gasteiger partial charge in [-0.2, -0.15) is 0 Å². The number of nitrogens with one attached hydrogen (secondary N) is 2. The SMILES string of the molecule is CCCc1ccc(NC(=O)c2ccc(C)c(NC(=O)c3ccccc3)c2)cc1. The van der Waals surface area contributed by atoms with Crippen molar-refractivity contribution in [3.63, 3.8) is 0 Å². The van der Waals surface area contributed by atoms with E-state index >= 15 is 0 Å². The highest BCUT2D eigenvalue weighted by atomic mass is 16.2.